The Morgan fingerprint density at radius 2 is 1.54 bits per heavy atom. The van der Waals surface area contributed by atoms with Gasteiger partial charge in [-0.05, 0) is 80.8 Å². The molecule has 2 heteroatoms. The Kier molecular flexibility index (Phi) is 7.83. The number of hydrogen-bond acceptors (Lipinski definition) is 2. The van der Waals surface area contributed by atoms with Crippen molar-refractivity contribution in [1.82, 2.24) is 4.98 Å². The average molecular weight is 358 g/mol. The molecule has 0 atom stereocenters. The number of unbranched alkanes of at least 4 members (excludes halogenated alkanes) is 1. The zero-order chi connectivity index (χ0) is 18.2. The van der Waals surface area contributed by atoms with Crippen molar-refractivity contribution in [3.8, 4) is 5.75 Å². The fourth-order valence-corrected chi connectivity index (χ4v) is 5.19. The molecule has 1 heterocycles. The molecule has 3 rings (SSSR count). The average Bonchev–Trinajstić information content (AvgIpc) is 2.72. The van der Waals surface area contributed by atoms with Gasteiger partial charge in [-0.25, -0.2) is 0 Å². The summed E-state index contributed by atoms with van der Waals surface area (Å²) in [6, 6.07) is 4.16. The summed E-state index contributed by atoms with van der Waals surface area (Å²) in [5.74, 6) is 4.76. The van der Waals surface area contributed by atoms with Crippen LogP contribution in [-0.4, -0.2) is 11.6 Å². The standard InChI is InChI=1S/C24H39NO/c1-3-5-6-19-7-11-21(12-8-19)22-13-9-20(10-14-22)18-26-24-16-15-23(4-2)25-17-24/h15-17,19-22H,3-14,18H2,1-2H3. The molecule has 1 aromatic rings. The molecular weight excluding hydrogens is 318 g/mol. The van der Waals surface area contributed by atoms with E-state index in [1.807, 2.05) is 6.20 Å². The SMILES string of the molecule is CCCCC1CCC(C2CCC(COc3ccc(CC)nc3)CC2)CC1. The molecule has 1 aromatic heterocycles. The number of rotatable bonds is 8. The third-order valence-corrected chi connectivity index (χ3v) is 7.06. The van der Waals surface area contributed by atoms with Gasteiger partial charge in [-0.3, -0.25) is 4.98 Å². The van der Waals surface area contributed by atoms with Crippen molar-refractivity contribution in [2.45, 2.75) is 90.9 Å². The monoisotopic (exact) mass is 357 g/mol. The third-order valence-electron chi connectivity index (χ3n) is 7.06. The summed E-state index contributed by atoms with van der Waals surface area (Å²) >= 11 is 0. The molecule has 26 heavy (non-hydrogen) atoms. The number of ether oxygens (including phenoxy) is 1. The summed E-state index contributed by atoms with van der Waals surface area (Å²) < 4.78 is 6.01. The molecule has 2 saturated carbocycles. The Morgan fingerprint density at radius 1 is 0.885 bits per heavy atom. The van der Waals surface area contributed by atoms with Crippen molar-refractivity contribution < 1.29 is 4.74 Å². The van der Waals surface area contributed by atoms with E-state index in [9.17, 15) is 0 Å². The maximum atomic E-state index is 6.01. The summed E-state index contributed by atoms with van der Waals surface area (Å²) in [4.78, 5) is 4.43. The number of hydrogen-bond donors (Lipinski definition) is 0. The number of aryl methyl sites for hydroxylation is 1. The highest BCUT2D eigenvalue weighted by atomic mass is 16.5. The van der Waals surface area contributed by atoms with Crippen molar-refractivity contribution >= 4 is 0 Å². The lowest BCUT2D eigenvalue weighted by Gasteiger charge is -2.37. The van der Waals surface area contributed by atoms with Gasteiger partial charge in [0.1, 0.15) is 5.75 Å². The first-order valence-corrected chi connectivity index (χ1v) is 11.4. The van der Waals surface area contributed by atoms with E-state index in [1.54, 1.807) is 0 Å². The van der Waals surface area contributed by atoms with Gasteiger partial charge in [0.05, 0.1) is 12.8 Å². The molecule has 2 fully saturated rings. The smallest absolute Gasteiger partial charge is 0.137 e. The first-order chi connectivity index (χ1) is 12.8. The van der Waals surface area contributed by atoms with E-state index in [1.165, 1.54) is 70.6 Å². The Hall–Kier alpha value is -1.05. The van der Waals surface area contributed by atoms with Crippen molar-refractivity contribution in [3.05, 3.63) is 24.0 Å². The van der Waals surface area contributed by atoms with Crippen molar-refractivity contribution in [1.29, 1.82) is 0 Å². The third kappa shape index (κ3) is 5.72. The van der Waals surface area contributed by atoms with Crippen LogP contribution in [0.4, 0.5) is 0 Å². The van der Waals surface area contributed by atoms with E-state index in [4.69, 9.17) is 4.74 Å². The molecule has 0 saturated heterocycles. The number of aromatic nitrogens is 1. The predicted molar refractivity (Wildman–Crippen MR) is 110 cm³/mol. The van der Waals surface area contributed by atoms with Gasteiger partial charge in [0, 0.05) is 5.69 Å². The van der Waals surface area contributed by atoms with Crippen molar-refractivity contribution in [3.63, 3.8) is 0 Å². The molecule has 0 N–H and O–H groups in total. The van der Waals surface area contributed by atoms with Crippen LogP contribution in [0.25, 0.3) is 0 Å². The van der Waals surface area contributed by atoms with Crippen LogP contribution in [-0.2, 0) is 6.42 Å². The summed E-state index contributed by atoms with van der Waals surface area (Å²) in [5.41, 5.74) is 1.14. The van der Waals surface area contributed by atoms with Crippen molar-refractivity contribution in [2.24, 2.45) is 23.7 Å². The zero-order valence-electron chi connectivity index (χ0n) is 17.1. The molecule has 0 unspecified atom stereocenters. The van der Waals surface area contributed by atoms with E-state index in [0.29, 0.717) is 0 Å². The summed E-state index contributed by atoms with van der Waals surface area (Å²) in [5, 5.41) is 0. The lowest BCUT2D eigenvalue weighted by molar-refractivity contribution is 0.121. The predicted octanol–water partition coefficient (Wildman–Crippen LogP) is 6.83. The van der Waals surface area contributed by atoms with Crippen LogP contribution >= 0.6 is 0 Å². The minimum Gasteiger partial charge on any atom is -0.492 e. The minimum atomic E-state index is 0.748. The minimum absolute atomic E-state index is 0.748. The summed E-state index contributed by atoms with van der Waals surface area (Å²) in [6.45, 7) is 5.34. The molecule has 146 valence electrons. The molecule has 0 aliphatic heterocycles. The zero-order valence-corrected chi connectivity index (χ0v) is 17.1. The Morgan fingerprint density at radius 3 is 2.08 bits per heavy atom. The van der Waals surface area contributed by atoms with Crippen LogP contribution in [0, 0.1) is 23.7 Å². The van der Waals surface area contributed by atoms with Gasteiger partial charge in [-0.2, -0.15) is 0 Å². The van der Waals surface area contributed by atoms with Gasteiger partial charge in [0.2, 0.25) is 0 Å². The molecule has 0 bridgehead atoms. The summed E-state index contributed by atoms with van der Waals surface area (Å²) in [7, 11) is 0. The Bertz CT molecular complexity index is 495. The van der Waals surface area contributed by atoms with E-state index >= 15 is 0 Å². The maximum absolute atomic E-state index is 6.01. The molecule has 0 spiro atoms. The largest absolute Gasteiger partial charge is 0.492 e. The quantitative estimate of drug-likeness (QED) is 0.509. The maximum Gasteiger partial charge on any atom is 0.137 e. The van der Waals surface area contributed by atoms with E-state index in [0.717, 1.165) is 48.1 Å². The number of pyridine rings is 1. The molecule has 2 nitrogen and oxygen atoms in total. The fraction of sp³-hybridized carbons (Fsp3) is 0.792. The Balaban J connectivity index is 1.34. The molecule has 0 aromatic carbocycles. The molecular formula is C24H39NO. The summed E-state index contributed by atoms with van der Waals surface area (Å²) in [6.07, 6.45) is 18.8. The highest BCUT2D eigenvalue weighted by Crippen LogP contribution is 2.42. The lowest BCUT2D eigenvalue weighted by Crippen LogP contribution is -2.27. The van der Waals surface area contributed by atoms with Gasteiger partial charge in [0.25, 0.3) is 0 Å². The molecule has 2 aliphatic carbocycles. The Labute approximate surface area is 161 Å². The second kappa shape index (κ2) is 10.3. The van der Waals surface area contributed by atoms with Gasteiger partial charge in [-0.1, -0.05) is 46.0 Å². The second-order valence-corrected chi connectivity index (χ2v) is 8.85. The molecule has 0 amide bonds. The van der Waals surface area contributed by atoms with Crippen LogP contribution in [0.15, 0.2) is 18.3 Å². The fourth-order valence-electron chi connectivity index (χ4n) is 5.19. The van der Waals surface area contributed by atoms with Gasteiger partial charge in [0.15, 0.2) is 0 Å². The van der Waals surface area contributed by atoms with Crippen LogP contribution in [0.2, 0.25) is 0 Å². The normalized spacial score (nSPS) is 29.5. The lowest BCUT2D eigenvalue weighted by atomic mass is 9.69. The highest BCUT2D eigenvalue weighted by Gasteiger charge is 2.30. The van der Waals surface area contributed by atoms with Crippen LogP contribution < -0.4 is 4.74 Å². The molecule has 0 radical (unpaired) electrons. The van der Waals surface area contributed by atoms with Gasteiger partial charge < -0.3 is 4.74 Å². The van der Waals surface area contributed by atoms with Crippen LogP contribution in [0.5, 0.6) is 5.75 Å². The van der Waals surface area contributed by atoms with Crippen molar-refractivity contribution in [2.75, 3.05) is 6.61 Å². The van der Waals surface area contributed by atoms with Crippen LogP contribution in [0.3, 0.4) is 0 Å². The first kappa shape index (κ1) is 19.7. The van der Waals surface area contributed by atoms with Crippen LogP contribution in [0.1, 0.15) is 90.2 Å². The van der Waals surface area contributed by atoms with E-state index in [-0.39, 0.29) is 0 Å². The van der Waals surface area contributed by atoms with E-state index < -0.39 is 0 Å². The first-order valence-electron chi connectivity index (χ1n) is 11.4. The topological polar surface area (TPSA) is 22.1 Å². The number of nitrogens with zero attached hydrogens (tertiary/aromatic N) is 1. The van der Waals surface area contributed by atoms with E-state index in [2.05, 4.69) is 31.0 Å². The van der Waals surface area contributed by atoms with Gasteiger partial charge in [-0.15, -0.1) is 0 Å². The molecule has 2 aliphatic rings. The van der Waals surface area contributed by atoms with Gasteiger partial charge >= 0.3 is 0 Å². The second-order valence-electron chi connectivity index (χ2n) is 8.85. The highest BCUT2D eigenvalue weighted by molar-refractivity contribution is 5.19.